The summed E-state index contributed by atoms with van der Waals surface area (Å²) in [5, 5.41) is 12.2. The number of nitrogens with zero attached hydrogens (tertiary/aromatic N) is 2. The molecule has 0 radical (unpaired) electrons. The van der Waals surface area contributed by atoms with E-state index in [1.165, 1.54) is 0 Å². The highest BCUT2D eigenvalue weighted by Gasteiger charge is 2.19. The summed E-state index contributed by atoms with van der Waals surface area (Å²) in [7, 11) is 1.63. The van der Waals surface area contributed by atoms with E-state index in [4.69, 9.17) is 4.74 Å². The fraction of sp³-hybridized carbons (Fsp3) is 0.118. The third kappa shape index (κ3) is 2.36. The van der Waals surface area contributed by atoms with Crippen molar-refractivity contribution in [3.05, 3.63) is 71.8 Å². The highest BCUT2D eigenvalue weighted by Crippen LogP contribution is 2.23. The van der Waals surface area contributed by atoms with Gasteiger partial charge in [0.2, 0.25) is 0 Å². The molecule has 4 heteroatoms. The Balaban J connectivity index is 2.09. The van der Waals surface area contributed by atoms with Crippen LogP contribution in [0, 0.1) is 12.1 Å². The van der Waals surface area contributed by atoms with Gasteiger partial charge in [-0.2, -0.15) is 4.57 Å². The lowest BCUT2D eigenvalue weighted by Gasteiger charge is -2.03. The summed E-state index contributed by atoms with van der Waals surface area (Å²) < 4.78 is 7.95. The largest absolute Gasteiger partial charge is 0.710 e. The number of methoxy groups -OCH3 is 1. The number of rotatable bonds is 3. The summed E-state index contributed by atoms with van der Waals surface area (Å²) in [6, 6.07) is 17.3. The van der Waals surface area contributed by atoms with E-state index in [0.29, 0.717) is 5.69 Å². The van der Waals surface area contributed by atoms with Crippen LogP contribution in [0.4, 0.5) is 0 Å². The normalized spacial score (nSPS) is 10.6. The standard InChI is InChI=1S/C17H16N2O2/c1-13-17(14-6-4-3-5-7-14)19(20)12-18(13)15-8-10-16(21-2)11-9-15/h3-12H,1-2H3. The number of aromatic nitrogens is 2. The third-order valence-corrected chi connectivity index (χ3v) is 3.54. The van der Waals surface area contributed by atoms with Crippen molar-refractivity contribution >= 4 is 0 Å². The van der Waals surface area contributed by atoms with Gasteiger partial charge in [0.15, 0.2) is 11.4 Å². The Bertz CT molecular complexity index is 746. The molecule has 0 atom stereocenters. The minimum absolute atomic E-state index is 0.673. The molecule has 106 valence electrons. The van der Waals surface area contributed by atoms with Gasteiger partial charge >= 0.3 is 0 Å². The molecule has 0 unspecified atom stereocenters. The molecule has 0 amide bonds. The van der Waals surface area contributed by atoms with Crippen LogP contribution in [0.25, 0.3) is 16.9 Å². The van der Waals surface area contributed by atoms with Crippen molar-refractivity contribution in [2.24, 2.45) is 0 Å². The molecular weight excluding hydrogens is 264 g/mol. The summed E-state index contributed by atoms with van der Waals surface area (Å²) in [6.45, 7) is 1.95. The van der Waals surface area contributed by atoms with Gasteiger partial charge in [0, 0.05) is 12.5 Å². The first kappa shape index (κ1) is 13.2. The summed E-state index contributed by atoms with van der Waals surface area (Å²) in [5.41, 5.74) is 3.42. The molecule has 2 aromatic carbocycles. The van der Waals surface area contributed by atoms with Gasteiger partial charge in [-0.1, -0.05) is 30.3 Å². The number of benzene rings is 2. The number of hydrogen-bond acceptors (Lipinski definition) is 2. The van der Waals surface area contributed by atoms with Crippen molar-refractivity contribution in [3.63, 3.8) is 0 Å². The van der Waals surface area contributed by atoms with Crippen LogP contribution in [0.3, 0.4) is 0 Å². The first-order valence-corrected chi connectivity index (χ1v) is 6.71. The zero-order chi connectivity index (χ0) is 14.8. The summed E-state index contributed by atoms with van der Waals surface area (Å²) in [6.07, 6.45) is 1.56. The van der Waals surface area contributed by atoms with Gasteiger partial charge in [0.05, 0.1) is 7.11 Å². The summed E-state index contributed by atoms with van der Waals surface area (Å²) in [5.74, 6) is 0.793. The lowest BCUT2D eigenvalue weighted by Crippen LogP contribution is -2.25. The van der Waals surface area contributed by atoms with Crippen LogP contribution in [0.2, 0.25) is 0 Å². The van der Waals surface area contributed by atoms with Crippen LogP contribution in [-0.4, -0.2) is 11.7 Å². The van der Waals surface area contributed by atoms with Crippen LogP contribution in [0.1, 0.15) is 5.69 Å². The fourth-order valence-corrected chi connectivity index (χ4v) is 2.46. The molecule has 0 aliphatic heterocycles. The van der Waals surface area contributed by atoms with Crippen molar-refractivity contribution < 1.29 is 9.47 Å². The minimum atomic E-state index is 0.673. The van der Waals surface area contributed by atoms with Gasteiger partial charge in [-0.3, -0.25) is 0 Å². The maximum Gasteiger partial charge on any atom is 0.252 e. The van der Waals surface area contributed by atoms with Crippen molar-refractivity contribution in [3.8, 4) is 22.7 Å². The molecule has 1 aromatic heterocycles. The molecule has 0 aliphatic rings. The molecule has 0 fully saturated rings. The summed E-state index contributed by atoms with van der Waals surface area (Å²) in [4.78, 5) is 0. The van der Waals surface area contributed by atoms with E-state index in [9.17, 15) is 5.21 Å². The summed E-state index contributed by atoms with van der Waals surface area (Å²) >= 11 is 0. The predicted molar refractivity (Wildman–Crippen MR) is 81.5 cm³/mol. The second-order valence-corrected chi connectivity index (χ2v) is 4.81. The van der Waals surface area contributed by atoms with Crippen molar-refractivity contribution in [1.29, 1.82) is 0 Å². The van der Waals surface area contributed by atoms with E-state index in [-0.39, 0.29) is 0 Å². The van der Waals surface area contributed by atoms with Crippen LogP contribution in [0.5, 0.6) is 5.75 Å². The van der Waals surface area contributed by atoms with E-state index in [2.05, 4.69) is 0 Å². The fourth-order valence-electron chi connectivity index (χ4n) is 2.46. The zero-order valence-corrected chi connectivity index (χ0v) is 12.0. The Labute approximate surface area is 123 Å². The van der Waals surface area contributed by atoms with E-state index < -0.39 is 0 Å². The van der Waals surface area contributed by atoms with Gasteiger partial charge < -0.3 is 9.94 Å². The molecule has 4 nitrogen and oxygen atoms in total. The Hall–Kier alpha value is -2.75. The van der Waals surface area contributed by atoms with Crippen molar-refractivity contribution in [2.45, 2.75) is 6.92 Å². The third-order valence-electron chi connectivity index (χ3n) is 3.54. The molecule has 0 saturated carbocycles. The molecule has 0 N–H and O–H groups in total. The first-order valence-electron chi connectivity index (χ1n) is 6.71. The lowest BCUT2D eigenvalue weighted by molar-refractivity contribution is -0.593. The Morgan fingerprint density at radius 3 is 2.29 bits per heavy atom. The monoisotopic (exact) mass is 280 g/mol. The smallest absolute Gasteiger partial charge is 0.252 e. The Morgan fingerprint density at radius 2 is 1.67 bits per heavy atom. The minimum Gasteiger partial charge on any atom is -0.710 e. The molecule has 0 spiro atoms. The van der Waals surface area contributed by atoms with Crippen molar-refractivity contribution in [1.82, 2.24) is 4.57 Å². The SMILES string of the molecule is COc1ccc(-n2c[n+]([O-])c(-c3ccccc3)c2C)cc1. The number of ether oxygens (including phenoxy) is 1. The number of hydrogen-bond donors (Lipinski definition) is 0. The molecule has 0 bridgehead atoms. The van der Waals surface area contributed by atoms with Gasteiger partial charge in [-0.05, 0) is 24.3 Å². The molecule has 3 aromatic rings. The first-order chi connectivity index (χ1) is 10.2. The molecule has 0 aliphatic carbocycles. The van der Waals surface area contributed by atoms with Gasteiger partial charge in [-0.15, -0.1) is 0 Å². The van der Waals surface area contributed by atoms with E-state index >= 15 is 0 Å². The van der Waals surface area contributed by atoms with Crippen molar-refractivity contribution in [2.75, 3.05) is 7.11 Å². The van der Waals surface area contributed by atoms with Crippen LogP contribution < -0.4 is 9.47 Å². The van der Waals surface area contributed by atoms with E-state index in [1.54, 1.807) is 13.4 Å². The highest BCUT2D eigenvalue weighted by molar-refractivity contribution is 5.59. The maximum absolute atomic E-state index is 12.2. The average molecular weight is 280 g/mol. The molecule has 21 heavy (non-hydrogen) atoms. The zero-order valence-electron chi connectivity index (χ0n) is 12.0. The van der Waals surface area contributed by atoms with Gasteiger partial charge in [0.1, 0.15) is 11.4 Å². The lowest BCUT2D eigenvalue weighted by atomic mass is 10.1. The van der Waals surface area contributed by atoms with E-state index in [1.807, 2.05) is 66.1 Å². The highest BCUT2D eigenvalue weighted by atomic mass is 16.5. The van der Waals surface area contributed by atoms with Gasteiger partial charge in [0.25, 0.3) is 6.33 Å². The molecular formula is C17H16N2O2. The van der Waals surface area contributed by atoms with Crippen LogP contribution >= 0.6 is 0 Å². The Kier molecular flexibility index (Phi) is 3.36. The second-order valence-electron chi connectivity index (χ2n) is 4.81. The second kappa shape index (κ2) is 5.32. The van der Waals surface area contributed by atoms with E-state index in [0.717, 1.165) is 27.4 Å². The number of imidazole rings is 1. The average Bonchev–Trinajstić information content (AvgIpc) is 2.83. The van der Waals surface area contributed by atoms with Crippen LogP contribution in [0.15, 0.2) is 60.9 Å². The molecule has 3 rings (SSSR count). The predicted octanol–water partition coefficient (Wildman–Crippen LogP) is 3.09. The van der Waals surface area contributed by atoms with Crippen LogP contribution in [-0.2, 0) is 0 Å². The quantitative estimate of drug-likeness (QED) is 0.546. The Morgan fingerprint density at radius 1 is 1.00 bits per heavy atom. The van der Waals surface area contributed by atoms with Gasteiger partial charge in [-0.25, -0.2) is 4.73 Å². The maximum atomic E-state index is 12.2. The topological polar surface area (TPSA) is 41.1 Å². The molecule has 0 saturated heterocycles. The molecule has 1 heterocycles.